The van der Waals surface area contributed by atoms with Gasteiger partial charge in [-0.2, -0.15) is 0 Å². The van der Waals surface area contributed by atoms with Crippen LogP contribution in [0.1, 0.15) is 18.4 Å². The average Bonchev–Trinajstić information content (AvgIpc) is 3.25. The molecule has 0 spiro atoms. The quantitative estimate of drug-likeness (QED) is 0.534. The minimum Gasteiger partial charge on any atom is -0.474 e. The fourth-order valence-electron chi connectivity index (χ4n) is 4.14. The molecule has 2 aliphatic heterocycles. The summed E-state index contributed by atoms with van der Waals surface area (Å²) in [6.07, 6.45) is 7.99. The van der Waals surface area contributed by atoms with Crippen molar-refractivity contribution in [2.75, 3.05) is 35.7 Å². The van der Waals surface area contributed by atoms with Gasteiger partial charge in [-0.15, -0.1) is 11.8 Å². The summed E-state index contributed by atoms with van der Waals surface area (Å²) in [7, 11) is 0. The van der Waals surface area contributed by atoms with Crippen LogP contribution in [0.5, 0.6) is 5.88 Å². The minimum absolute atomic E-state index is 0.00246. The highest BCUT2D eigenvalue weighted by Crippen LogP contribution is 2.39. The summed E-state index contributed by atoms with van der Waals surface area (Å²) in [5.74, 6) is 1.08. The van der Waals surface area contributed by atoms with Gasteiger partial charge in [0.1, 0.15) is 24.1 Å². The smallest absolute Gasteiger partial charge is 0.225 e. The molecule has 0 unspecified atom stereocenters. The summed E-state index contributed by atoms with van der Waals surface area (Å²) in [6, 6.07) is 5.26. The van der Waals surface area contributed by atoms with E-state index in [-0.39, 0.29) is 11.9 Å². The van der Waals surface area contributed by atoms with E-state index in [9.17, 15) is 8.78 Å². The van der Waals surface area contributed by atoms with Gasteiger partial charge >= 0.3 is 0 Å². The van der Waals surface area contributed by atoms with Crippen LogP contribution in [0.4, 0.5) is 26.2 Å². The second kappa shape index (κ2) is 8.85. The van der Waals surface area contributed by atoms with Gasteiger partial charge in [0.2, 0.25) is 11.8 Å². The maximum Gasteiger partial charge on any atom is 0.225 e. The molecule has 2 aliphatic rings. The maximum atomic E-state index is 14.7. The van der Waals surface area contributed by atoms with Gasteiger partial charge in [-0.3, -0.25) is 0 Å². The van der Waals surface area contributed by atoms with E-state index in [1.165, 1.54) is 30.5 Å². The van der Waals surface area contributed by atoms with Crippen LogP contribution in [0.2, 0.25) is 0 Å². The molecule has 0 saturated carbocycles. The fourth-order valence-corrected chi connectivity index (χ4v) is 4.56. The third-order valence-electron chi connectivity index (χ3n) is 5.78. The maximum absolute atomic E-state index is 14.7. The van der Waals surface area contributed by atoms with Gasteiger partial charge in [0.05, 0.1) is 23.6 Å². The predicted octanol–water partition coefficient (Wildman–Crippen LogP) is 4.01. The van der Waals surface area contributed by atoms with Crippen LogP contribution in [-0.2, 0) is 6.42 Å². The van der Waals surface area contributed by atoms with E-state index in [4.69, 9.17) is 4.74 Å². The predicted molar refractivity (Wildman–Crippen MR) is 119 cm³/mol. The summed E-state index contributed by atoms with van der Waals surface area (Å²) in [6.45, 7) is 2.05. The average molecular weight is 457 g/mol. The lowest BCUT2D eigenvalue weighted by Gasteiger charge is -2.32. The Morgan fingerprint density at radius 3 is 2.53 bits per heavy atom. The summed E-state index contributed by atoms with van der Waals surface area (Å²) in [4.78, 5) is 21.7. The van der Waals surface area contributed by atoms with E-state index in [0.717, 1.165) is 23.3 Å². The fraction of sp³-hybridized carbons (Fsp3) is 0.364. The molecule has 4 heterocycles. The molecule has 3 aromatic rings. The summed E-state index contributed by atoms with van der Waals surface area (Å²) in [5.41, 5.74) is 1.42. The molecular formula is C22H22F2N6OS. The molecule has 0 amide bonds. The Balaban J connectivity index is 1.28. The van der Waals surface area contributed by atoms with Gasteiger partial charge in [-0.05, 0) is 30.9 Å². The zero-order valence-electron chi connectivity index (χ0n) is 17.5. The molecule has 2 aromatic heterocycles. The Morgan fingerprint density at radius 2 is 1.81 bits per heavy atom. The number of thioether (sulfide) groups is 1. The number of halogens is 2. The molecule has 10 heteroatoms. The lowest BCUT2D eigenvalue weighted by Crippen LogP contribution is -2.39. The van der Waals surface area contributed by atoms with Crippen molar-refractivity contribution < 1.29 is 13.5 Å². The number of hydrogen-bond donors (Lipinski definition) is 0. The van der Waals surface area contributed by atoms with Crippen molar-refractivity contribution in [3.05, 3.63) is 54.1 Å². The monoisotopic (exact) mass is 456 g/mol. The van der Waals surface area contributed by atoms with E-state index in [1.54, 1.807) is 12.1 Å². The number of fused-ring (bicyclic) bond motifs is 1. The zero-order valence-corrected chi connectivity index (χ0v) is 18.4. The number of nitrogens with zero attached hydrogens (tertiary/aromatic N) is 6. The van der Waals surface area contributed by atoms with Crippen LogP contribution in [0.3, 0.4) is 0 Å². The topological polar surface area (TPSA) is 67.3 Å². The Labute approximate surface area is 188 Å². The standard InChI is InChI=1S/C22H22F2N6OS/c1-32-16-2-3-19(18(24)10-16)30-9-6-17-20(30)27-13-28-21(17)31-15-4-7-29(8-5-15)22-25-11-14(23)12-26-22/h2-3,10-13,15H,4-9H2,1H3. The van der Waals surface area contributed by atoms with Crippen LogP contribution in [-0.4, -0.2) is 51.9 Å². The molecule has 0 N–H and O–H groups in total. The lowest BCUT2D eigenvalue weighted by atomic mass is 10.1. The number of ether oxygens (including phenoxy) is 1. The summed E-state index contributed by atoms with van der Waals surface area (Å²) in [5, 5.41) is 0. The molecule has 1 aromatic carbocycles. The molecular weight excluding hydrogens is 434 g/mol. The molecule has 1 fully saturated rings. The highest BCUT2D eigenvalue weighted by molar-refractivity contribution is 7.98. The van der Waals surface area contributed by atoms with Crippen LogP contribution >= 0.6 is 11.8 Å². The van der Waals surface area contributed by atoms with Crippen molar-refractivity contribution in [3.8, 4) is 5.88 Å². The molecule has 1 saturated heterocycles. The first-order chi connectivity index (χ1) is 15.6. The van der Waals surface area contributed by atoms with Gasteiger partial charge in [0.25, 0.3) is 0 Å². The van der Waals surface area contributed by atoms with E-state index in [1.807, 2.05) is 22.1 Å². The van der Waals surface area contributed by atoms with Gasteiger partial charge in [-0.25, -0.2) is 28.7 Å². The van der Waals surface area contributed by atoms with E-state index >= 15 is 0 Å². The van der Waals surface area contributed by atoms with Crippen molar-refractivity contribution >= 4 is 29.2 Å². The first-order valence-electron chi connectivity index (χ1n) is 10.5. The van der Waals surface area contributed by atoms with Crippen LogP contribution in [0, 0.1) is 11.6 Å². The third kappa shape index (κ3) is 4.06. The molecule has 7 nitrogen and oxygen atoms in total. The number of benzene rings is 1. The molecule has 0 atom stereocenters. The van der Waals surface area contributed by atoms with Crippen molar-refractivity contribution in [2.24, 2.45) is 0 Å². The molecule has 166 valence electrons. The number of hydrogen-bond acceptors (Lipinski definition) is 8. The number of aromatic nitrogens is 4. The Hall–Kier alpha value is -3.01. The van der Waals surface area contributed by atoms with E-state index < -0.39 is 5.82 Å². The summed E-state index contributed by atoms with van der Waals surface area (Å²) >= 11 is 1.51. The molecule has 0 radical (unpaired) electrons. The third-order valence-corrected chi connectivity index (χ3v) is 6.50. The molecule has 0 aliphatic carbocycles. The van der Waals surface area contributed by atoms with Gasteiger partial charge in [0, 0.05) is 37.4 Å². The highest BCUT2D eigenvalue weighted by Gasteiger charge is 2.30. The van der Waals surface area contributed by atoms with Crippen molar-refractivity contribution in [1.29, 1.82) is 0 Å². The summed E-state index contributed by atoms with van der Waals surface area (Å²) < 4.78 is 34.0. The molecule has 5 rings (SSSR count). The molecule has 0 bridgehead atoms. The van der Waals surface area contributed by atoms with Crippen LogP contribution in [0.25, 0.3) is 0 Å². The molecule has 32 heavy (non-hydrogen) atoms. The van der Waals surface area contributed by atoms with E-state index in [0.29, 0.717) is 49.4 Å². The second-order valence-electron chi connectivity index (χ2n) is 7.71. The highest BCUT2D eigenvalue weighted by atomic mass is 32.2. The Kier molecular flexibility index (Phi) is 5.77. The van der Waals surface area contributed by atoms with Gasteiger partial charge in [0.15, 0.2) is 5.82 Å². The number of piperidine rings is 1. The van der Waals surface area contributed by atoms with Crippen molar-refractivity contribution in [1.82, 2.24) is 19.9 Å². The van der Waals surface area contributed by atoms with E-state index in [2.05, 4.69) is 19.9 Å². The Bertz CT molecular complexity index is 1110. The first kappa shape index (κ1) is 20.9. The van der Waals surface area contributed by atoms with Crippen molar-refractivity contribution in [3.63, 3.8) is 0 Å². The second-order valence-corrected chi connectivity index (χ2v) is 8.59. The first-order valence-corrected chi connectivity index (χ1v) is 11.7. The largest absolute Gasteiger partial charge is 0.474 e. The number of anilines is 3. The van der Waals surface area contributed by atoms with Crippen molar-refractivity contribution in [2.45, 2.75) is 30.3 Å². The van der Waals surface area contributed by atoms with Gasteiger partial charge in [-0.1, -0.05) is 0 Å². The van der Waals surface area contributed by atoms with Gasteiger partial charge < -0.3 is 14.5 Å². The number of rotatable bonds is 5. The lowest BCUT2D eigenvalue weighted by molar-refractivity contribution is 0.162. The Morgan fingerprint density at radius 1 is 1.03 bits per heavy atom. The SMILES string of the molecule is CSc1ccc(N2CCc3c(OC4CCN(c5ncc(F)cn5)CC4)ncnc32)c(F)c1. The minimum atomic E-state index is -0.446. The zero-order chi connectivity index (χ0) is 22.1. The normalized spacial score (nSPS) is 16.3. The van der Waals surface area contributed by atoms with Crippen LogP contribution < -0.4 is 14.5 Å². The van der Waals surface area contributed by atoms with Crippen LogP contribution in [0.15, 0.2) is 41.8 Å².